The van der Waals surface area contributed by atoms with Crippen LogP contribution in [0, 0.1) is 0 Å². The smallest absolute Gasteiger partial charge is 0.303 e. The van der Waals surface area contributed by atoms with E-state index in [4.69, 9.17) is 5.11 Å². The molecule has 1 aliphatic carbocycles. The summed E-state index contributed by atoms with van der Waals surface area (Å²) in [4.78, 5) is 13.1. The number of nitrogens with one attached hydrogen (secondary N) is 1. The van der Waals surface area contributed by atoms with Crippen LogP contribution in [-0.4, -0.2) is 47.2 Å². The van der Waals surface area contributed by atoms with E-state index in [1.165, 1.54) is 25.8 Å². The van der Waals surface area contributed by atoms with Crippen molar-refractivity contribution in [1.29, 1.82) is 0 Å². The van der Waals surface area contributed by atoms with Gasteiger partial charge in [-0.2, -0.15) is 0 Å². The first-order valence-electron chi connectivity index (χ1n) is 6.37. The summed E-state index contributed by atoms with van der Waals surface area (Å²) in [5.41, 5.74) is 0. The molecule has 2 aliphatic rings. The first-order chi connectivity index (χ1) is 7.65. The predicted molar refractivity (Wildman–Crippen MR) is 62.5 cm³/mol. The fourth-order valence-electron chi connectivity index (χ4n) is 2.52. The summed E-state index contributed by atoms with van der Waals surface area (Å²) in [6.07, 6.45) is 4.88. The van der Waals surface area contributed by atoms with Gasteiger partial charge in [0.15, 0.2) is 0 Å². The number of carbonyl (C=O) groups is 1. The monoisotopic (exact) mass is 226 g/mol. The molecule has 16 heavy (non-hydrogen) atoms. The lowest BCUT2D eigenvalue weighted by molar-refractivity contribution is -0.137. The summed E-state index contributed by atoms with van der Waals surface area (Å²) in [6, 6.07) is 1.66. The summed E-state index contributed by atoms with van der Waals surface area (Å²) >= 11 is 0. The van der Waals surface area contributed by atoms with E-state index in [1.54, 1.807) is 0 Å². The van der Waals surface area contributed by atoms with Gasteiger partial charge in [0, 0.05) is 31.1 Å². The quantitative estimate of drug-likeness (QED) is 0.753. The van der Waals surface area contributed by atoms with Crippen LogP contribution in [0.3, 0.4) is 0 Å². The van der Waals surface area contributed by atoms with Crippen LogP contribution in [-0.2, 0) is 4.79 Å². The van der Waals surface area contributed by atoms with Crippen molar-refractivity contribution in [3.8, 4) is 0 Å². The zero-order valence-electron chi connectivity index (χ0n) is 9.98. The van der Waals surface area contributed by atoms with Crippen molar-refractivity contribution in [1.82, 2.24) is 10.2 Å². The second kappa shape index (κ2) is 5.15. The highest BCUT2D eigenvalue weighted by molar-refractivity contribution is 5.66. The average Bonchev–Trinajstić information content (AvgIpc) is 3.01. The third-order valence-corrected chi connectivity index (χ3v) is 3.59. The Labute approximate surface area is 97.0 Å². The Morgan fingerprint density at radius 2 is 2.19 bits per heavy atom. The van der Waals surface area contributed by atoms with Crippen LogP contribution in [0.25, 0.3) is 0 Å². The molecule has 4 heteroatoms. The maximum atomic E-state index is 10.6. The molecule has 0 amide bonds. The van der Waals surface area contributed by atoms with Gasteiger partial charge >= 0.3 is 5.97 Å². The van der Waals surface area contributed by atoms with Gasteiger partial charge in [-0.15, -0.1) is 0 Å². The zero-order valence-corrected chi connectivity index (χ0v) is 9.98. The summed E-state index contributed by atoms with van der Waals surface area (Å²) < 4.78 is 0. The number of aliphatic carboxylic acids is 1. The average molecular weight is 226 g/mol. The van der Waals surface area contributed by atoms with Crippen molar-refractivity contribution < 1.29 is 9.90 Å². The van der Waals surface area contributed by atoms with Crippen molar-refractivity contribution in [2.45, 2.75) is 57.2 Å². The Bertz CT molecular complexity index is 253. The van der Waals surface area contributed by atoms with Crippen LogP contribution >= 0.6 is 0 Å². The molecule has 0 spiro atoms. The molecule has 0 aromatic rings. The number of hydrogen-bond donors (Lipinski definition) is 2. The summed E-state index contributed by atoms with van der Waals surface area (Å²) in [6.45, 7) is 4.40. The van der Waals surface area contributed by atoms with Crippen molar-refractivity contribution in [3.63, 3.8) is 0 Å². The van der Waals surface area contributed by atoms with Gasteiger partial charge in [-0.05, 0) is 39.2 Å². The third-order valence-electron chi connectivity index (χ3n) is 3.59. The van der Waals surface area contributed by atoms with Gasteiger partial charge in [0.05, 0.1) is 0 Å². The van der Waals surface area contributed by atoms with Crippen LogP contribution in [0.5, 0.6) is 0 Å². The first-order valence-corrected chi connectivity index (χ1v) is 6.37. The van der Waals surface area contributed by atoms with E-state index >= 15 is 0 Å². The minimum atomic E-state index is -0.684. The zero-order chi connectivity index (χ0) is 11.5. The molecule has 2 fully saturated rings. The van der Waals surface area contributed by atoms with E-state index in [1.807, 2.05) is 0 Å². The fourth-order valence-corrected chi connectivity index (χ4v) is 2.52. The van der Waals surface area contributed by atoms with Gasteiger partial charge < -0.3 is 10.4 Å². The van der Waals surface area contributed by atoms with Crippen molar-refractivity contribution in [3.05, 3.63) is 0 Å². The minimum Gasteiger partial charge on any atom is -0.481 e. The molecular weight excluding hydrogens is 204 g/mol. The van der Waals surface area contributed by atoms with Crippen LogP contribution in [0.15, 0.2) is 0 Å². The molecule has 1 heterocycles. The van der Waals surface area contributed by atoms with E-state index in [0.717, 1.165) is 19.0 Å². The molecule has 1 aliphatic heterocycles. The largest absolute Gasteiger partial charge is 0.481 e. The molecule has 4 nitrogen and oxygen atoms in total. The van der Waals surface area contributed by atoms with Gasteiger partial charge in [0.25, 0.3) is 0 Å². The number of nitrogens with zero attached hydrogens (tertiary/aromatic N) is 1. The maximum absolute atomic E-state index is 10.6. The van der Waals surface area contributed by atoms with E-state index in [0.29, 0.717) is 12.1 Å². The molecule has 2 atom stereocenters. The molecule has 2 unspecified atom stereocenters. The van der Waals surface area contributed by atoms with Gasteiger partial charge in [-0.3, -0.25) is 9.69 Å². The van der Waals surface area contributed by atoms with Crippen LogP contribution in [0.2, 0.25) is 0 Å². The lowest BCUT2D eigenvalue weighted by Gasteiger charge is -2.24. The van der Waals surface area contributed by atoms with E-state index in [-0.39, 0.29) is 6.42 Å². The van der Waals surface area contributed by atoms with Gasteiger partial charge in [-0.1, -0.05) is 0 Å². The van der Waals surface area contributed by atoms with E-state index in [2.05, 4.69) is 17.1 Å². The number of carboxylic acid groups (broad SMARTS) is 1. The van der Waals surface area contributed by atoms with Crippen LogP contribution < -0.4 is 5.32 Å². The van der Waals surface area contributed by atoms with Gasteiger partial charge in [0.2, 0.25) is 0 Å². The SMILES string of the molecule is CC1CCN(C2CC2)CC(CCC(=O)O)N1. The molecular formula is C12H22N2O2. The Balaban J connectivity index is 1.85. The molecule has 92 valence electrons. The summed E-state index contributed by atoms with van der Waals surface area (Å²) in [7, 11) is 0. The van der Waals surface area contributed by atoms with Gasteiger partial charge in [0.1, 0.15) is 0 Å². The molecule has 1 saturated heterocycles. The van der Waals surface area contributed by atoms with Crippen LogP contribution in [0.4, 0.5) is 0 Å². The highest BCUT2D eigenvalue weighted by atomic mass is 16.4. The normalized spacial score (nSPS) is 32.3. The Kier molecular flexibility index (Phi) is 3.82. The predicted octanol–water partition coefficient (Wildman–Crippen LogP) is 1.07. The van der Waals surface area contributed by atoms with Gasteiger partial charge in [-0.25, -0.2) is 0 Å². The molecule has 0 radical (unpaired) electrons. The topological polar surface area (TPSA) is 52.6 Å². The van der Waals surface area contributed by atoms with Crippen molar-refractivity contribution in [2.75, 3.05) is 13.1 Å². The summed E-state index contributed by atoms with van der Waals surface area (Å²) in [5, 5.41) is 12.3. The lowest BCUT2D eigenvalue weighted by atomic mass is 10.1. The highest BCUT2D eigenvalue weighted by Gasteiger charge is 2.32. The minimum absolute atomic E-state index is 0.281. The lowest BCUT2D eigenvalue weighted by Crippen LogP contribution is -2.41. The van der Waals surface area contributed by atoms with E-state index in [9.17, 15) is 4.79 Å². The second-order valence-corrected chi connectivity index (χ2v) is 5.21. The highest BCUT2D eigenvalue weighted by Crippen LogP contribution is 2.28. The molecule has 1 saturated carbocycles. The molecule has 2 rings (SSSR count). The number of rotatable bonds is 4. The fraction of sp³-hybridized carbons (Fsp3) is 0.917. The summed E-state index contributed by atoms with van der Waals surface area (Å²) in [5.74, 6) is -0.684. The third kappa shape index (κ3) is 3.46. The Hall–Kier alpha value is -0.610. The molecule has 0 bridgehead atoms. The first kappa shape index (κ1) is 11.9. The van der Waals surface area contributed by atoms with E-state index < -0.39 is 5.97 Å². The van der Waals surface area contributed by atoms with Crippen molar-refractivity contribution in [2.24, 2.45) is 0 Å². The molecule has 0 aromatic heterocycles. The van der Waals surface area contributed by atoms with Crippen molar-refractivity contribution >= 4 is 5.97 Å². The Morgan fingerprint density at radius 3 is 2.81 bits per heavy atom. The molecule has 0 aromatic carbocycles. The number of hydrogen-bond acceptors (Lipinski definition) is 3. The maximum Gasteiger partial charge on any atom is 0.303 e. The van der Waals surface area contributed by atoms with Crippen LogP contribution in [0.1, 0.15) is 39.0 Å². The number of carboxylic acids is 1. The molecule has 2 N–H and O–H groups in total. The second-order valence-electron chi connectivity index (χ2n) is 5.21. The standard InChI is InChI=1S/C12H22N2O2/c1-9-6-7-14(11-3-4-11)8-10(13-9)2-5-12(15)16/h9-11,13H,2-8H2,1H3,(H,15,16). The Morgan fingerprint density at radius 1 is 1.44 bits per heavy atom.